The van der Waals surface area contributed by atoms with Crippen molar-refractivity contribution in [2.45, 2.75) is 52.4 Å². The zero-order valence-corrected chi connectivity index (χ0v) is 12.1. The molecule has 0 radical (unpaired) electrons. The fraction of sp³-hybridized carbons (Fsp3) is 0.733. The van der Waals surface area contributed by atoms with E-state index in [4.69, 9.17) is 4.74 Å². The van der Waals surface area contributed by atoms with Gasteiger partial charge in [-0.1, -0.05) is 39.0 Å². The third-order valence-corrected chi connectivity index (χ3v) is 3.29. The van der Waals surface area contributed by atoms with Gasteiger partial charge in [0.2, 0.25) is 5.91 Å². The van der Waals surface area contributed by atoms with Crippen LogP contribution in [0, 0.1) is 0 Å². The number of hydrogen-bond acceptors (Lipinski definition) is 3. The first kappa shape index (κ1) is 15.7. The summed E-state index contributed by atoms with van der Waals surface area (Å²) in [7, 11) is 0. The van der Waals surface area contributed by atoms with Gasteiger partial charge in [-0.25, -0.2) is 4.79 Å². The molecule has 0 unspecified atom stereocenters. The van der Waals surface area contributed by atoms with Crippen LogP contribution >= 0.6 is 0 Å². The number of rotatable bonds is 9. The smallest absolute Gasteiger partial charge is 0.336 e. The van der Waals surface area contributed by atoms with Crippen molar-refractivity contribution >= 4 is 11.9 Å². The van der Waals surface area contributed by atoms with Crippen molar-refractivity contribution in [2.75, 3.05) is 19.7 Å². The maximum absolute atomic E-state index is 11.7. The lowest BCUT2D eigenvalue weighted by Crippen LogP contribution is -2.28. The van der Waals surface area contributed by atoms with E-state index in [-0.39, 0.29) is 11.9 Å². The van der Waals surface area contributed by atoms with Crippen LogP contribution in [0.5, 0.6) is 0 Å². The zero-order valence-electron chi connectivity index (χ0n) is 12.1. The van der Waals surface area contributed by atoms with Crippen molar-refractivity contribution < 1.29 is 14.3 Å². The van der Waals surface area contributed by atoms with Crippen molar-refractivity contribution in [3.63, 3.8) is 0 Å². The average Bonchev–Trinajstić information content (AvgIpc) is 2.76. The molecule has 0 spiro atoms. The Morgan fingerprint density at radius 1 is 1.21 bits per heavy atom. The van der Waals surface area contributed by atoms with Crippen LogP contribution in [0.3, 0.4) is 0 Å². The second-order valence-corrected chi connectivity index (χ2v) is 4.92. The van der Waals surface area contributed by atoms with Crippen molar-refractivity contribution in [2.24, 2.45) is 0 Å². The van der Waals surface area contributed by atoms with Gasteiger partial charge in [-0.15, -0.1) is 0 Å². The molecule has 1 amide bonds. The fourth-order valence-electron chi connectivity index (χ4n) is 2.19. The Kier molecular flexibility index (Phi) is 7.23. The van der Waals surface area contributed by atoms with Gasteiger partial charge in [0.05, 0.1) is 18.7 Å². The van der Waals surface area contributed by atoms with E-state index >= 15 is 0 Å². The molecule has 0 fully saturated rings. The third-order valence-electron chi connectivity index (χ3n) is 3.29. The molecule has 4 nitrogen and oxygen atoms in total. The van der Waals surface area contributed by atoms with Gasteiger partial charge in [-0.3, -0.25) is 4.79 Å². The lowest BCUT2D eigenvalue weighted by molar-refractivity contribution is -0.138. The number of carbonyl (C=O) groups is 2. The van der Waals surface area contributed by atoms with E-state index in [2.05, 4.69) is 6.92 Å². The number of nitrogens with zero attached hydrogens (tertiary/aromatic N) is 1. The van der Waals surface area contributed by atoms with E-state index in [1.54, 1.807) is 11.8 Å². The molecule has 0 aromatic rings. The van der Waals surface area contributed by atoms with Gasteiger partial charge < -0.3 is 9.64 Å². The van der Waals surface area contributed by atoms with Gasteiger partial charge in [0.25, 0.3) is 0 Å². The van der Waals surface area contributed by atoms with Gasteiger partial charge in [0, 0.05) is 12.6 Å². The first-order valence-electron chi connectivity index (χ1n) is 7.35. The van der Waals surface area contributed by atoms with Crippen LogP contribution < -0.4 is 0 Å². The molecule has 108 valence electrons. The van der Waals surface area contributed by atoms with Crippen LogP contribution in [0.25, 0.3) is 0 Å². The summed E-state index contributed by atoms with van der Waals surface area (Å²) in [5.41, 5.74) is 0.484. The normalized spacial score (nSPS) is 14.7. The molecule has 0 N–H and O–H groups in total. The minimum atomic E-state index is -0.360. The summed E-state index contributed by atoms with van der Waals surface area (Å²) in [6.07, 6.45) is 8.62. The molecular weight excluding hydrogens is 242 g/mol. The molecule has 1 aliphatic rings. The van der Waals surface area contributed by atoms with E-state index in [0.29, 0.717) is 18.7 Å². The number of esters is 1. The number of hydrogen-bond donors (Lipinski definition) is 0. The zero-order chi connectivity index (χ0) is 14.1. The van der Waals surface area contributed by atoms with Crippen LogP contribution in [0.2, 0.25) is 0 Å². The van der Waals surface area contributed by atoms with Gasteiger partial charge >= 0.3 is 5.97 Å². The topological polar surface area (TPSA) is 46.6 Å². The monoisotopic (exact) mass is 267 g/mol. The van der Waals surface area contributed by atoms with Crippen molar-refractivity contribution in [3.05, 3.63) is 11.6 Å². The standard InChI is InChI=1S/C15H25NO3/c1-3-5-6-7-8-9-10-16-12-13(11-14(16)17)15(18)19-4-2/h11H,3-10,12H2,1-2H3. The highest BCUT2D eigenvalue weighted by Crippen LogP contribution is 2.14. The van der Waals surface area contributed by atoms with Crippen LogP contribution in [0.15, 0.2) is 11.6 Å². The molecule has 0 saturated carbocycles. The fourth-order valence-corrected chi connectivity index (χ4v) is 2.19. The largest absolute Gasteiger partial charge is 0.463 e. The second-order valence-electron chi connectivity index (χ2n) is 4.92. The average molecular weight is 267 g/mol. The van der Waals surface area contributed by atoms with E-state index in [1.807, 2.05) is 0 Å². The maximum Gasteiger partial charge on any atom is 0.336 e. The highest BCUT2D eigenvalue weighted by Gasteiger charge is 2.25. The van der Waals surface area contributed by atoms with Gasteiger partial charge in [0.1, 0.15) is 0 Å². The lowest BCUT2D eigenvalue weighted by atomic mass is 10.1. The number of amides is 1. The second kappa shape index (κ2) is 8.73. The Labute approximate surface area is 115 Å². The molecule has 1 rings (SSSR count). The predicted molar refractivity (Wildman–Crippen MR) is 74.7 cm³/mol. The summed E-state index contributed by atoms with van der Waals surface area (Å²) >= 11 is 0. The Morgan fingerprint density at radius 2 is 1.89 bits per heavy atom. The molecule has 1 aliphatic heterocycles. The number of carbonyl (C=O) groups excluding carboxylic acids is 2. The predicted octanol–water partition coefficient (Wildman–Crippen LogP) is 2.68. The van der Waals surface area contributed by atoms with Crippen LogP contribution in [-0.2, 0) is 14.3 Å². The molecule has 1 heterocycles. The molecule has 4 heteroatoms. The maximum atomic E-state index is 11.7. The Hall–Kier alpha value is -1.32. The highest BCUT2D eigenvalue weighted by atomic mass is 16.5. The molecule has 0 aliphatic carbocycles. The molecule has 0 saturated heterocycles. The van der Waals surface area contributed by atoms with E-state index < -0.39 is 0 Å². The van der Waals surface area contributed by atoms with E-state index in [0.717, 1.165) is 19.4 Å². The van der Waals surface area contributed by atoms with Crippen LogP contribution in [0.1, 0.15) is 52.4 Å². The third kappa shape index (κ3) is 5.45. The Balaban J connectivity index is 2.20. The Morgan fingerprint density at radius 3 is 2.58 bits per heavy atom. The molecule has 19 heavy (non-hydrogen) atoms. The molecule has 0 aromatic carbocycles. The first-order valence-corrected chi connectivity index (χ1v) is 7.35. The summed E-state index contributed by atoms with van der Waals surface area (Å²) in [6.45, 7) is 5.47. The summed E-state index contributed by atoms with van der Waals surface area (Å²) < 4.78 is 4.91. The minimum absolute atomic E-state index is 0.0587. The Bertz CT molecular complexity index is 336. The van der Waals surface area contributed by atoms with Crippen molar-refractivity contribution in [3.8, 4) is 0 Å². The van der Waals surface area contributed by atoms with Crippen molar-refractivity contribution in [1.82, 2.24) is 4.90 Å². The van der Waals surface area contributed by atoms with Gasteiger partial charge in [-0.2, -0.15) is 0 Å². The van der Waals surface area contributed by atoms with Crippen molar-refractivity contribution in [1.29, 1.82) is 0 Å². The number of unbranched alkanes of at least 4 members (excludes halogenated alkanes) is 5. The molecular formula is C15H25NO3. The quantitative estimate of drug-likeness (QED) is 0.476. The highest BCUT2D eigenvalue weighted by molar-refractivity contribution is 6.02. The molecule has 0 bridgehead atoms. The minimum Gasteiger partial charge on any atom is -0.463 e. The molecule has 0 atom stereocenters. The number of ether oxygens (including phenoxy) is 1. The van der Waals surface area contributed by atoms with E-state index in [9.17, 15) is 9.59 Å². The lowest BCUT2D eigenvalue weighted by Gasteiger charge is -2.16. The summed E-state index contributed by atoms with van der Waals surface area (Å²) in [4.78, 5) is 24.9. The molecule has 0 aromatic heterocycles. The first-order chi connectivity index (χ1) is 9.19. The van der Waals surface area contributed by atoms with Crippen LogP contribution in [-0.4, -0.2) is 36.5 Å². The van der Waals surface area contributed by atoms with Crippen LogP contribution in [0.4, 0.5) is 0 Å². The van der Waals surface area contributed by atoms with E-state index in [1.165, 1.54) is 31.8 Å². The SMILES string of the molecule is CCCCCCCCN1CC(C(=O)OCC)=CC1=O. The summed E-state index contributed by atoms with van der Waals surface area (Å²) in [6, 6.07) is 0. The summed E-state index contributed by atoms with van der Waals surface area (Å²) in [5, 5.41) is 0. The summed E-state index contributed by atoms with van der Waals surface area (Å²) in [5.74, 6) is -0.419. The van der Waals surface area contributed by atoms with Gasteiger partial charge in [0.15, 0.2) is 0 Å². The van der Waals surface area contributed by atoms with Gasteiger partial charge in [-0.05, 0) is 13.3 Å².